The Bertz CT molecular complexity index is 794. The van der Waals surface area contributed by atoms with Gasteiger partial charge in [-0.15, -0.1) is 0 Å². The first-order valence-electron chi connectivity index (χ1n) is 7.86. The van der Waals surface area contributed by atoms with Gasteiger partial charge >= 0.3 is 0 Å². The summed E-state index contributed by atoms with van der Waals surface area (Å²) in [7, 11) is 4.85. The van der Waals surface area contributed by atoms with Gasteiger partial charge in [-0.1, -0.05) is 12.1 Å². The normalized spacial score (nSPS) is 10.5. The number of carbonyl (C=O) groups excluding carboxylic acids is 1. The van der Waals surface area contributed by atoms with Crippen molar-refractivity contribution < 1.29 is 19.2 Å². The maximum absolute atomic E-state index is 12.3. The van der Waals surface area contributed by atoms with Gasteiger partial charge in [-0.3, -0.25) is 19.8 Å². The van der Waals surface area contributed by atoms with Crippen molar-refractivity contribution in [3.8, 4) is 11.5 Å². The predicted octanol–water partition coefficient (Wildman–Crippen LogP) is 2.68. The van der Waals surface area contributed by atoms with E-state index in [-0.39, 0.29) is 23.8 Å². The molecule has 8 nitrogen and oxygen atoms in total. The van der Waals surface area contributed by atoms with Crippen LogP contribution in [0.4, 0.5) is 11.4 Å². The fraction of sp³-hybridized carbons (Fsp3) is 0.278. The van der Waals surface area contributed by atoms with E-state index in [1.807, 2.05) is 36.2 Å². The van der Waals surface area contributed by atoms with Gasteiger partial charge in [-0.2, -0.15) is 0 Å². The maximum atomic E-state index is 12.3. The molecule has 0 spiro atoms. The summed E-state index contributed by atoms with van der Waals surface area (Å²) in [6.45, 7) is 0.666. The van der Waals surface area contributed by atoms with Gasteiger partial charge in [0.2, 0.25) is 5.91 Å². The number of benzene rings is 2. The Labute approximate surface area is 151 Å². The first-order valence-corrected chi connectivity index (χ1v) is 7.86. The quantitative estimate of drug-likeness (QED) is 0.575. The zero-order chi connectivity index (χ0) is 19.1. The van der Waals surface area contributed by atoms with Crippen LogP contribution in [0, 0.1) is 10.1 Å². The van der Waals surface area contributed by atoms with Crippen LogP contribution in [-0.4, -0.2) is 43.5 Å². The lowest BCUT2D eigenvalue weighted by atomic mass is 10.2. The van der Waals surface area contributed by atoms with Gasteiger partial charge in [0.15, 0.2) is 0 Å². The number of carbonyl (C=O) groups is 1. The molecule has 0 aromatic heterocycles. The number of hydrogen-bond acceptors (Lipinski definition) is 6. The van der Waals surface area contributed by atoms with E-state index in [0.29, 0.717) is 12.3 Å². The predicted molar refractivity (Wildman–Crippen MR) is 97.6 cm³/mol. The third kappa shape index (κ3) is 5.18. The van der Waals surface area contributed by atoms with Crippen LogP contribution in [0.3, 0.4) is 0 Å². The molecule has 8 heteroatoms. The second kappa shape index (κ2) is 8.82. The number of likely N-dealkylation sites (N-methyl/N-ethyl adjacent to an activating group) is 1. The van der Waals surface area contributed by atoms with E-state index >= 15 is 0 Å². The number of ether oxygens (including phenoxy) is 2. The summed E-state index contributed by atoms with van der Waals surface area (Å²) in [6.07, 6.45) is 0. The minimum absolute atomic E-state index is 0.114. The monoisotopic (exact) mass is 359 g/mol. The molecule has 2 aromatic rings. The van der Waals surface area contributed by atoms with E-state index in [4.69, 9.17) is 9.47 Å². The minimum Gasteiger partial charge on any atom is -0.497 e. The lowest BCUT2D eigenvalue weighted by Gasteiger charge is -2.17. The Hall–Kier alpha value is -3.13. The highest BCUT2D eigenvalue weighted by Gasteiger charge is 2.15. The van der Waals surface area contributed by atoms with Crippen molar-refractivity contribution in [2.45, 2.75) is 6.54 Å². The summed E-state index contributed by atoms with van der Waals surface area (Å²) in [5, 5.41) is 13.6. The number of nitro groups is 1. The van der Waals surface area contributed by atoms with Gasteiger partial charge < -0.3 is 14.8 Å². The van der Waals surface area contributed by atoms with E-state index < -0.39 is 4.92 Å². The molecule has 0 aliphatic heterocycles. The first kappa shape index (κ1) is 19.2. The van der Waals surface area contributed by atoms with E-state index in [1.165, 1.54) is 25.3 Å². The average Bonchev–Trinajstić information content (AvgIpc) is 2.61. The number of nitrogens with one attached hydrogen (secondary N) is 1. The van der Waals surface area contributed by atoms with Gasteiger partial charge in [-0.05, 0) is 30.8 Å². The highest BCUT2D eigenvalue weighted by atomic mass is 16.6. The molecule has 0 aliphatic carbocycles. The number of hydrogen-bond donors (Lipinski definition) is 1. The van der Waals surface area contributed by atoms with Crippen molar-refractivity contribution in [1.29, 1.82) is 0 Å². The maximum Gasteiger partial charge on any atom is 0.271 e. The largest absolute Gasteiger partial charge is 0.497 e. The van der Waals surface area contributed by atoms with Gasteiger partial charge in [0.25, 0.3) is 5.69 Å². The molecule has 1 N–H and O–H groups in total. The fourth-order valence-electron chi connectivity index (χ4n) is 2.48. The van der Waals surface area contributed by atoms with Crippen LogP contribution in [0.2, 0.25) is 0 Å². The molecule has 2 aromatic carbocycles. The molecule has 2 rings (SSSR count). The molecule has 26 heavy (non-hydrogen) atoms. The molecule has 0 radical (unpaired) electrons. The van der Waals surface area contributed by atoms with Crippen LogP contribution in [-0.2, 0) is 11.3 Å². The van der Waals surface area contributed by atoms with E-state index in [1.54, 1.807) is 7.11 Å². The van der Waals surface area contributed by atoms with Crippen LogP contribution in [0.1, 0.15) is 5.56 Å². The molecule has 0 saturated heterocycles. The smallest absolute Gasteiger partial charge is 0.271 e. The molecule has 0 bridgehead atoms. The molecule has 138 valence electrons. The van der Waals surface area contributed by atoms with Crippen LogP contribution >= 0.6 is 0 Å². The molecular formula is C18H21N3O5. The summed E-state index contributed by atoms with van der Waals surface area (Å²) in [4.78, 5) is 24.5. The van der Waals surface area contributed by atoms with Crippen LogP contribution in [0.15, 0.2) is 42.5 Å². The highest BCUT2D eigenvalue weighted by molar-refractivity contribution is 5.94. The third-order valence-electron chi connectivity index (χ3n) is 3.67. The lowest BCUT2D eigenvalue weighted by molar-refractivity contribution is -0.384. The first-order chi connectivity index (χ1) is 12.4. The number of nitrogens with zero attached hydrogens (tertiary/aromatic N) is 2. The lowest BCUT2D eigenvalue weighted by Crippen LogP contribution is -2.30. The molecule has 0 aliphatic rings. The summed E-state index contributed by atoms with van der Waals surface area (Å²) >= 11 is 0. The summed E-state index contributed by atoms with van der Waals surface area (Å²) in [5.74, 6) is 0.815. The highest BCUT2D eigenvalue weighted by Crippen LogP contribution is 2.28. The summed E-state index contributed by atoms with van der Waals surface area (Å²) in [6, 6.07) is 11.6. The molecule has 0 fully saturated rings. The topological polar surface area (TPSA) is 93.9 Å². The van der Waals surface area contributed by atoms with Gasteiger partial charge in [0.1, 0.15) is 11.5 Å². The van der Waals surface area contributed by atoms with E-state index in [2.05, 4.69) is 5.32 Å². The molecule has 0 saturated carbocycles. The van der Waals surface area contributed by atoms with E-state index in [0.717, 1.165) is 11.3 Å². The van der Waals surface area contributed by atoms with E-state index in [9.17, 15) is 14.9 Å². The van der Waals surface area contributed by atoms with Crippen molar-refractivity contribution in [2.75, 3.05) is 33.1 Å². The molecule has 0 atom stereocenters. The zero-order valence-electron chi connectivity index (χ0n) is 14.9. The van der Waals surface area contributed by atoms with Crippen molar-refractivity contribution in [1.82, 2.24) is 4.90 Å². The van der Waals surface area contributed by atoms with Crippen molar-refractivity contribution in [3.63, 3.8) is 0 Å². The number of rotatable bonds is 8. The Morgan fingerprint density at radius 3 is 2.62 bits per heavy atom. The number of anilines is 1. The Kier molecular flexibility index (Phi) is 6.51. The van der Waals surface area contributed by atoms with Crippen LogP contribution in [0.5, 0.6) is 11.5 Å². The van der Waals surface area contributed by atoms with Crippen molar-refractivity contribution in [2.24, 2.45) is 0 Å². The van der Waals surface area contributed by atoms with Crippen molar-refractivity contribution >= 4 is 17.3 Å². The standard InChI is InChI=1S/C18H21N3O5/c1-20(11-13-5-4-6-15(9-13)25-2)12-18(22)19-16-10-14(21(23)24)7-8-17(16)26-3/h4-10H,11-12H2,1-3H3,(H,19,22). The Balaban J connectivity index is 2.01. The second-order valence-electron chi connectivity index (χ2n) is 5.71. The van der Waals surface area contributed by atoms with Gasteiger partial charge in [-0.25, -0.2) is 0 Å². The van der Waals surface area contributed by atoms with Crippen LogP contribution in [0.25, 0.3) is 0 Å². The fourth-order valence-corrected chi connectivity index (χ4v) is 2.48. The summed E-state index contributed by atoms with van der Waals surface area (Å²) in [5.41, 5.74) is 1.15. The molecule has 1 amide bonds. The third-order valence-corrected chi connectivity index (χ3v) is 3.67. The van der Waals surface area contributed by atoms with Gasteiger partial charge in [0, 0.05) is 18.7 Å². The Morgan fingerprint density at radius 1 is 1.19 bits per heavy atom. The van der Waals surface area contributed by atoms with Gasteiger partial charge in [0.05, 0.1) is 31.4 Å². The molecule has 0 heterocycles. The average molecular weight is 359 g/mol. The molecular weight excluding hydrogens is 338 g/mol. The number of methoxy groups -OCH3 is 2. The Morgan fingerprint density at radius 2 is 1.96 bits per heavy atom. The minimum atomic E-state index is -0.524. The number of amides is 1. The van der Waals surface area contributed by atoms with Crippen LogP contribution < -0.4 is 14.8 Å². The summed E-state index contributed by atoms with van der Waals surface area (Å²) < 4.78 is 10.3. The zero-order valence-corrected chi connectivity index (χ0v) is 14.9. The SMILES string of the molecule is COc1cccc(CN(C)CC(=O)Nc2cc([N+](=O)[O-])ccc2OC)c1. The van der Waals surface area contributed by atoms with Crippen molar-refractivity contribution in [3.05, 3.63) is 58.1 Å². The molecule has 0 unspecified atom stereocenters. The second-order valence-corrected chi connectivity index (χ2v) is 5.71. The number of non-ortho nitro benzene ring substituents is 1. The number of nitro benzene ring substituents is 1.